The van der Waals surface area contributed by atoms with Crippen LogP contribution in [-0.2, 0) is 20.6 Å². The van der Waals surface area contributed by atoms with Gasteiger partial charge in [0.15, 0.2) is 0 Å². The van der Waals surface area contributed by atoms with Crippen molar-refractivity contribution in [2.24, 2.45) is 14.1 Å². The number of fused-ring (bicyclic) bond motifs is 1. The zero-order valence-corrected chi connectivity index (χ0v) is 9.17. The maximum Gasteiger partial charge on any atom is 0.331 e. The van der Waals surface area contributed by atoms with Crippen molar-refractivity contribution in [2.75, 3.05) is 6.61 Å². The van der Waals surface area contributed by atoms with Gasteiger partial charge in [0.05, 0.1) is 12.1 Å². The molecule has 0 aromatic carbocycles. The molecule has 0 radical (unpaired) electrons. The third-order valence-corrected chi connectivity index (χ3v) is 2.73. The summed E-state index contributed by atoms with van der Waals surface area (Å²) in [7, 11) is 3.06. The number of aliphatic hydroxyl groups excluding tert-OH is 1. The van der Waals surface area contributed by atoms with Crippen molar-refractivity contribution in [1.29, 1.82) is 0 Å². The van der Waals surface area contributed by atoms with E-state index in [9.17, 15) is 9.59 Å². The molecule has 0 aliphatic rings. The average molecular weight is 223 g/mol. The number of hydrogen-bond acceptors (Lipinski definition) is 3. The lowest BCUT2D eigenvalue weighted by atomic mass is 10.4. The van der Waals surface area contributed by atoms with E-state index in [4.69, 9.17) is 5.11 Å². The zero-order valence-electron chi connectivity index (χ0n) is 9.17. The Hall–Kier alpha value is -1.82. The Morgan fingerprint density at radius 3 is 2.56 bits per heavy atom. The molecule has 6 heteroatoms. The Morgan fingerprint density at radius 2 is 1.94 bits per heavy atom. The zero-order chi connectivity index (χ0) is 11.9. The molecular formula is C10H13N3O3. The number of aliphatic hydroxyl groups is 1. The minimum Gasteiger partial charge on any atom is -0.395 e. The van der Waals surface area contributed by atoms with Gasteiger partial charge in [-0.3, -0.25) is 13.9 Å². The molecule has 2 rings (SSSR count). The van der Waals surface area contributed by atoms with E-state index in [0.717, 1.165) is 4.57 Å². The number of nitrogens with zero attached hydrogens (tertiary/aromatic N) is 3. The molecule has 0 saturated heterocycles. The van der Waals surface area contributed by atoms with Crippen LogP contribution in [0.5, 0.6) is 0 Å². The highest BCUT2D eigenvalue weighted by molar-refractivity contribution is 5.75. The van der Waals surface area contributed by atoms with Crippen LogP contribution in [0, 0.1) is 0 Å². The van der Waals surface area contributed by atoms with Gasteiger partial charge < -0.3 is 9.67 Å². The fourth-order valence-corrected chi connectivity index (χ4v) is 1.83. The Labute approximate surface area is 91.0 Å². The first-order valence-electron chi connectivity index (χ1n) is 4.93. The van der Waals surface area contributed by atoms with Gasteiger partial charge in [-0.25, -0.2) is 4.79 Å². The second-order valence-electron chi connectivity index (χ2n) is 3.67. The number of aryl methyl sites for hydroxylation is 1. The van der Waals surface area contributed by atoms with E-state index in [0.29, 0.717) is 17.6 Å². The maximum absolute atomic E-state index is 11.9. The van der Waals surface area contributed by atoms with Crippen LogP contribution in [-0.4, -0.2) is 25.4 Å². The van der Waals surface area contributed by atoms with Crippen molar-refractivity contribution in [3.63, 3.8) is 0 Å². The quantitative estimate of drug-likeness (QED) is 0.712. The van der Waals surface area contributed by atoms with Crippen molar-refractivity contribution in [3.8, 4) is 0 Å². The van der Waals surface area contributed by atoms with Crippen molar-refractivity contribution >= 4 is 11.0 Å². The molecule has 0 spiro atoms. The fraction of sp³-hybridized carbons (Fsp3) is 0.400. The summed E-state index contributed by atoms with van der Waals surface area (Å²) < 4.78 is 4.14. The predicted molar refractivity (Wildman–Crippen MR) is 59.5 cm³/mol. The van der Waals surface area contributed by atoms with Crippen LogP contribution in [0.1, 0.15) is 0 Å². The molecule has 0 aliphatic heterocycles. The number of hydrogen-bond donors (Lipinski definition) is 1. The molecule has 0 saturated carbocycles. The predicted octanol–water partition coefficient (Wildman–Crippen LogP) is -0.969. The maximum atomic E-state index is 11.9. The van der Waals surface area contributed by atoms with Crippen LogP contribution >= 0.6 is 0 Å². The van der Waals surface area contributed by atoms with Gasteiger partial charge in [0, 0.05) is 26.8 Å². The van der Waals surface area contributed by atoms with E-state index in [-0.39, 0.29) is 17.9 Å². The molecule has 2 heterocycles. The molecule has 0 fully saturated rings. The minimum absolute atomic E-state index is 0.0459. The summed E-state index contributed by atoms with van der Waals surface area (Å²) in [6, 6.07) is 1.70. The molecule has 0 aliphatic carbocycles. The van der Waals surface area contributed by atoms with Crippen molar-refractivity contribution in [3.05, 3.63) is 33.1 Å². The monoisotopic (exact) mass is 223 g/mol. The van der Waals surface area contributed by atoms with E-state index >= 15 is 0 Å². The first kappa shape index (κ1) is 10.7. The van der Waals surface area contributed by atoms with E-state index < -0.39 is 0 Å². The summed E-state index contributed by atoms with van der Waals surface area (Å²) in [5.74, 6) is 0. The molecule has 2 aromatic rings. The first-order valence-corrected chi connectivity index (χ1v) is 4.93. The standard InChI is InChI=1S/C10H13N3O3/c1-11-7-3-4-13(5-6-14)8(7)9(15)12(2)10(11)16/h3-4,14H,5-6H2,1-2H3. The Morgan fingerprint density at radius 1 is 1.25 bits per heavy atom. The van der Waals surface area contributed by atoms with Crippen LogP contribution in [0.3, 0.4) is 0 Å². The SMILES string of the molecule is Cn1c(=O)c2c(ccn2CCO)n(C)c1=O. The van der Waals surface area contributed by atoms with Crippen LogP contribution in [0.15, 0.2) is 21.9 Å². The lowest BCUT2D eigenvalue weighted by molar-refractivity contribution is 0.278. The van der Waals surface area contributed by atoms with Gasteiger partial charge in [0.25, 0.3) is 5.56 Å². The van der Waals surface area contributed by atoms with Crippen LogP contribution in [0.25, 0.3) is 11.0 Å². The highest BCUT2D eigenvalue weighted by Crippen LogP contribution is 2.08. The summed E-state index contributed by atoms with van der Waals surface area (Å²) in [5, 5.41) is 8.88. The van der Waals surface area contributed by atoms with Crippen LogP contribution in [0.2, 0.25) is 0 Å². The first-order chi connectivity index (χ1) is 7.57. The smallest absolute Gasteiger partial charge is 0.331 e. The molecule has 0 atom stereocenters. The summed E-state index contributed by atoms with van der Waals surface area (Å²) in [6.45, 7) is 0.298. The third kappa shape index (κ3) is 1.30. The topological polar surface area (TPSA) is 69.2 Å². The van der Waals surface area contributed by atoms with Crippen molar-refractivity contribution in [2.45, 2.75) is 6.54 Å². The second-order valence-corrected chi connectivity index (χ2v) is 3.67. The lowest BCUT2D eigenvalue weighted by Gasteiger charge is -2.06. The van der Waals surface area contributed by atoms with Gasteiger partial charge in [-0.2, -0.15) is 0 Å². The molecule has 6 nitrogen and oxygen atoms in total. The second kappa shape index (κ2) is 3.64. The van der Waals surface area contributed by atoms with Crippen molar-refractivity contribution in [1.82, 2.24) is 13.7 Å². The van der Waals surface area contributed by atoms with Gasteiger partial charge in [-0.1, -0.05) is 0 Å². The van der Waals surface area contributed by atoms with E-state index in [1.165, 1.54) is 11.6 Å². The molecular weight excluding hydrogens is 210 g/mol. The van der Waals surface area contributed by atoms with Gasteiger partial charge in [-0.15, -0.1) is 0 Å². The van der Waals surface area contributed by atoms with Crippen LogP contribution < -0.4 is 11.2 Å². The largest absolute Gasteiger partial charge is 0.395 e. The van der Waals surface area contributed by atoms with Gasteiger partial charge in [0.1, 0.15) is 5.52 Å². The average Bonchev–Trinajstić information content (AvgIpc) is 2.68. The van der Waals surface area contributed by atoms with E-state index in [1.807, 2.05) is 0 Å². The normalized spacial score (nSPS) is 11.2. The summed E-state index contributed by atoms with van der Waals surface area (Å²) >= 11 is 0. The van der Waals surface area contributed by atoms with E-state index in [1.54, 1.807) is 23.9 Å². The fourth-order valence-electron chi connectivity index (χ4n) is 1.83. The van der Waals surface area contributed by atoms with Gasteiger partial charge in [0.2, 0.25) is 0 Å². The molecule has 0 bridgehead atoms. The lowest BCUT2D eigenvalue weighted by Crippen LogP contribution is -2.37. The molecule has 16 heavy (non-hydrogen) atoms. The highest BCUT2D eigenvalue weighted by Gasteiger charge is 2.11. The Kier molecular flexibility index (Phi) is 2.43. The van der Waals surface area contributed by atoms with Crippen LogP contribution in [0.4, 0.5) is 0 Å². The number of aromatic nitrogens is 3. The molecule has 86 valence electrons. The molecule has 2 aromatic heterocycles. The van der Waals surface area contributed by atoms with E-state index in [2.05, 4.69) is 0 Å². The Bertz CT molecular complexity index is 648. The summed E-state index contributed by atoms with van der Waals surface area (Å²) in [5.41, 5.74) is 0.344. The Balaban J connectivity index is 2.95. The van der Waals surface area contributed by atoms with Gasteiger partial charge in [-0.05, 0) is 6.07 Å². The molecule has 0 unspecified atom stereocenters. The molecule has 1 N–H and O–H groups in total. The number of rotatable bonds is 2. The highest BCUT2D eigenvalue weighted by atomic mass is 16.3. The summed E-state index contributed by atoms with van der Waals surface area (Å²) in [6.07, 6.45) is 1.70. The van der Waals surface area contributed by atoms with Crippen molar-refractivity contribution < 1.29 is 5.11 Å². The summed E-state index contributed by atoms with van der Waals surface area (Å²) in [4.78, 5) is 23.5. The molecule has 0 amide bonds. The third-order valence-electron chi connectivity index (χ3n) is 2.73. The van der Waals surface area contributed by atoms with Gasteiger partial charge >= 0.3 is 5.69 Å². The minimum atomic E-state index is -0.348.